The van der Waals surface area contributed by atoms with Gasteiger partial charge in [0.05, 0.1) is 5.69 Å². The molecule has 1 aromatic rings. The molecule has 0 unspecified atom stereocenters. The third kappa shape index (κ3) is 3.87. The predicted octanol–water partition coefficient (Wildman–Crippen LogP) is 2.75. The van der Waals surface area contributed by atoms with Crippen LogP contribution in [0.5, 0.6) is 0 Å². The number of carbonyl (C=O) groups is 1. The largest absolute Gasteiger partial charge is 0.396 e. The molecule has 1 heterocycles. The van der Waals surface area contributed by atoms with Crippen molar-refractivity contribution < 1.29 is 4.79 Å². The first-order valence-electron chi connectivity index (χ1n) is 6.66. The molecule has 20 heavy (non-hydrogen) atoms. The number of nitrogen functional groups attached to an aromatic ring is 1. The lowest BCUT2D eigenvalue weighted by Crippen LogP contribution is -2.21. The molecule has 0 saturated carbocycles. The second-order valence-electron chi connectivity index (χ2n) is 5.32. The van der Waals surface area contributed by atoms with Gasteiger partial charge < -0.3 is 16.0 Å². The molecule has 0 aromatic carbocycles. The highest BCUT2D eigenvalue weighted by molar-refractivity contribution is 7.18. The Morgan fingerprint density at radius 1 is 1.50 bits per heavy atom. The van der Waals surface area contributed by atoms with Gasteiger partial charge in [0.25, 0.3) is 5.91 Å². The van der Waals surface area contributed by atoms with Crippen LogP contribution in [0.3, 0.4) is 0 Å². The highest BCUT2D eigenvalue weighted by Crippen LogP contribution is 2.35. The zero-order valence-corrected chi connectivity index (χ0v) is 13.3. The first-order chi connectivity index (χ1) is 9.38. The molecular weight excluding hydrogens is 272 g/mol. The molecule has 0 aliphatic heterocycles. The molecule has 0 saturated heterocycles. The summed E-state index contributed by atoms with van der Waals surface area (Å²) < 4.78 is 0. The normalized spacial score (nSPS) is 10.4. The number of nitrogens with zero attached hydrogens (tertiary/aromatic N) is 2. The Kier molecular flexibility index (Phi) is 5.83. The molecule has 0 aliphatic rings. The van der Waals surface area contributed by atoms with Crippen molar-refractivity contribution in [2.45, 2.75) is 26.7 Å². The number of thiophene rings is 1. The van der Waals surface area contributed by atoms with E-state index < -0.39 is 0 Å². The van der Waals surface area contributed by atoms with Gasteiger partial charge in [-0.1, -0.05) is 13.8 Å². The lowest BCUT2D eigenvalue weighted by Gasteiger charge is -2.08. The maximum atomic E-state index is 12.0. The first kappa shape index (κ1) is 16.3. The number of hydrogen-bond acceptors (Lipinski definition) is 5. The summed E-state index contributed by atoms with van der Waals surface area (Å²) in [5, 5.41) is 13.1. The molecule has 0 fully saturated rings. The van der Waals surface area contributed by atoms with E-state index in [1.54, 1.807) is 14.1 Å². The summed E-state index contributed by atoms with van der Waals surface area (Å²) in [4.78, 5) is 13.9. The van der Waals surface area contributed by atoms with E-state index in [4.69, 9.17) is 5.73 Å². The summed E-state index contributed by atoms with van der Waals surface area (Å²) in [6.07, 6.45) is 2.15. The van der Waals surface area contributed by atoms with Crippen LogP contribution in [-0.2, 0) is 0 Å². The zero-order valence-electron chi connectivity index (χ0n) is 12.5. The Labute approximate surface area is 124 Å². The molecule has 0 aliphatic carbocycles. The van der Waals surface area contributed by atoms with E-state index in [0.717, 1.165) is 19.4 Å². The Morgan fingerprint density at radius 3 is 2.65 bits per heavy atom. The van der Waals surface area contributed by atoms with Crippen LogP contribution >= 0.6 is 11.3 Å². The standard InChI is InChI=1S/C14H22N4OS/c1-9(2)6-5-7-17-13-10(8-15)11(16)12(20-13)14(19)18(3)4/h9,17H,5-7,16H2,1-4H3. The number of nitriles is 1. The van der Waals surface area contributed by atoms with E-state index in [9.17, 15) is 10.1 Å². The van der Waals surface area contributed by atoms with E-state index in [2.05, 4.69) is 25.2 Å². The van der Waals surface area contributed by atoms with Crippen molar-refractivity contribution in [1.82, 2.24) is 4.90 Å². The van der Waals surface area contributed by atoms with E-state index in [1.165, 1.54) is 16.2 Å². The quantitative estimate of drug-likeness (QED) is 0.790. The van der Waals surface area contributed by atoms with Crippen LogP contribution < -0.4 is 11.1 Å². The molecule has 0 spiro atoms. The average Bonchev–Trinajstić information content (AvgIpc) is 2.69. The maximum absolute atomic E-state index is 12.0. The van der Waals surface area contributed by atoms with Gasteiger partial charge in [-0.15, -0.1) is 11.3 Å². The van der Waals surface area contributed by atoms with E-state index >= 15 is 0 Å². The highest BCUT2D eigenvalue weighted by atomic mass is 32.1. The van der Waals surface area contributed by atoms with Gasteiger partial charge in [0.1, 0.15) is 21.5 Å². The number of hydrogen-bond donors (Lipinski definition) is 2. The highest BCUT2D eigenvalue weighted by Gasteiger charge is 2.21. The lowest BCUT2D eigenvalue weighted by molar-refractivity contribution is 0.0833. The fourth-order valence-electron chi connectivity index (χ4n) is 1.75. The molecule has 1 amide bonds. The van der Waals surface area contributed by atoms with Crippen molar-refractivity contribution in [3.05, 3.63) is 10.4 Å². The third-order valence-electron chi connectivity index (χ3n) is 2.90. The molecule has 3 N–H and O–H groups in total. The fraction of sp³-hybridized carbons (Fsp3) is 0.571. The van der Waals surface area contributed by atoms with Crippen LogP contribution in [0.4, 0.5) is 10.7 Å². The summed E-state index contributed by atoms with van der Waals surface area (Å²) in [5.41, 5.74) is 6.57. The lowest BCUT2D eigenvalue weighted by atomic mass is 10.1. The number of rotatable bonds is 6. The average molecular weight is 294 g/mol. The summed E-state index contributed by atoms with van der Waals surface area (Å²) >= 11 is 1.26. The fourth-order valence-corrected chi connectivity index (χ4v) is 2.87. The summed E-state index contributed by atoms with van der Waals surface area (Å²) in [6.45, 7) is 5.14. The summed E-state index contributed by atoms with van der Waals surface area (Å²) in [7, 11) is 3.34. The van der Waals surface area contributed by atoms with Crippen molar-refractivity contribution in [2.24, 2.45) is 5.92 Å². The van der Waals surface area contributed by atoms with Crippen LogP contribution in [0.25, 0.3) is 0 Å². The molecular formula is C14H22N4OS. The van der Waals surface area contributed by atoms with Crippen LogP contribution in [0, 0.1) is 17.2 Å². The van der Waals surface area contributed by atoms with E-state index in [1.807, 2.05) is 0 Å². The van der Waals surface area contributed by atoms with Gasteiger partial charge >= 0.3 is 0 Å². The van der Waals surface area contributed by atoms with Crippen molar-refractivity contribution in [3.63, 3.8) is 0 Å². The monoisotopic (exact) mass is 294 g/mol. The number of anilines is 2. The molecule has 0 bridgehead atoms. The topological polar surface area (TPSA) is 82.2 Å². The van der Waals surface area contributed by atoms with Crippen molar-refractivity contribution in [2.75, 3.05) is 31.7 Å². The second kappa shape index (κ2) is 7.15. The number of nitrogens with one attached hydrogen (secondary N) is 1. The summed E-state index contributed by atoms with van der Waals surface area (Å²) in [6, 6.07) is 2.08. The minimum atomic E-state index is -0.167. The number of amides is 1. The van der Waals surface area contributed by atoms with Gasteiger partial charge in [-0.05, 0) is 18.8 Å². The van der Waals surface area contributed by atoms with E-state index in [0.29, 0.717) is 21.4 Å². The summed E-state index contributed by atoms with van der Waals surface area (Å²) in [5.74, 6) is 0.491. The van der Waals surface area contributed by atoms with Gasteiger partial charge in [-0.2, -0.15) is 5.26 Å². The van der Waals surface area contributed by atoms with E-state index in [-0.39, 0.29) is 11.6 Å². The Hall–Kier alpha value is -1.74. The van der Waals surface area contributed by atoms with Gasteiger partial charge in [0.15, 0.2) is 0 Å². The smallest absolute Gasteiger partial charge is 0.265 e. The molecule has 110 valence electrons. The van der Waals surface area contributed by atoms with Gasteiger partial charge in [-0.25, -0.2) is 0 Å². The minimum absolute atomic E-state index is 0.167. The maximum Gasteiger partial charge on any atom is 0.265 e. The predicted molar refractivity (Wildman–Crippen MR) is 84.0 cm³/mol. The Balaban J connectivity index is 2.84. The second-order valence-corrected chi connectivity index (χ2v) is 6.34. The number of nitrogens with two attached hydrogens (primary N) is 1. The Bertz CT molecular complexity index is 514. The van der Waals surface area contributed by atoms with Crippen molar-refractivity contribution >= 4 is 27.9 Å². The molecule has 1 rings (SSSR count). The van der Waals surface area contributed by atoms with Gasteiger partial charge in [-0.3, -0.25) is 4.79 Å². The minimum Gasteiger partial charge on any atom is -0.396 e. The van der Waals surface area contributed by atoms with Crippen LogP contribution in [0.15, 0.2) is 0 Å². The molecule has 0 radical (unpaired) electrons. The molecule has 0 atom stereocenters. The Morgan fingerprint density at radius 2 is 2.15 bits per heavy atom. The number of carbonyl (C=O) groups excluding carboxylic acids is 1. The van der Waals surface area contributed by atoms with Crippen molar-refractivity contribution in [3.8, 4) is 6.07 Å². The molecule has 1 aromatic heterocycles. The molecule has 5 nitrogen and oxygen atoms in total. The van der Waals surface area contributed by atoms with Gasteiger partial charge in [0.2, 0.25) is 0 Å². The van der Waals surface area contributed by atoms with Crippen LogP contribution in [-0.4, -0.2) is 31.4 Å². The molecule has 6 heteroatoms. The van der Waals surface area contributed by atoms with Crippen molar-refractivity contribution in [1.29, 1.82) is 5.26 Å². The van der Waals surface area contributed by atoms with Crippen LogP contribution in [0.2, 0.25) is 0 Å². The zero-order chi connectivity index (χ0) is 15.3. The first-order valence-corrected chi connectivity index (χ1v) is 7.48. The SMILES string of the molecule is CC(C)CCCNc1sc(C(=O)N(C)C)c(N)c1C#N. The van der Waals surface area contributed by atoms with Gasteiger partial charge in [0, 0.05) is 20.6 Å². The van der Waals surface area contributed by atoms with Crippen LogP contribution in [0.1, 0.15) is 41.9 Å². The third-order valence-corrected chi connectivity index (χ3v) is 4.05.